The van der Waals surface area contributed by atoms with Crippen molar-refractivity contribution in [3.63, 3.8) is 0 Å². The van der Waals surface area contributed by atoms with E-state index in [-0.39, 0.29) is 11.1 Å². The van der Waals surface area contributed by atoms with Gasteiger partial charge in [0.05, 0.1) is 15.7 Å². The summed E-state index contributed by atoms with van der Waals surface area (Å²) in [7, 11) is 0. The minimum atomic E-state index is -0.171. The van der Waals surface area contributed by atoms with Gasteiger partial charge >= 0.3 is 0 Å². The lowest BCUT2D eigenvalue weighted by Gasteiger charge is -2.08. The van der Waals surface area contributed by atoms with E-state index in [2.05, 4.69) is 0 Å². The standard InChI is InChI=1S/C12H10Cl2N2O/c13-9-2-1-8(5-10(9)14)6-16-4-3-12(17)11(15)7-16/h1-5,7H,6,15H2. The lowest BCUT2D eigenvalue weighted by atomic mass is 10.2. The number of anilines is 1. The first-order chi connectivity index (χ1) is 8.06. The molecule has 5 heteroatoms. The van der Waals surface area contributed by atoms with Gasteiger partial charge < -0.3 is 10.3 Å². The second-order valence-corrected chi connectivity index (χ2v) is 4.50. The lowest BCUT2D eigenvalue weighted by Crippen LogP contribution is -2.11. The van der Waals surface area contributed by atoms with Gasteiger partial charge in [-0.2, -0.15) is 0 Å². The predicted molar refractivity (Wildman–Crippen MR) is 70.7 cm³/mol. The quantitative estimate of drug-likeness (QED) is 0.911. The summed E-state index contributed by atoms with van der Waals surface area (Å²) in [5.41, 5.74) is 6.59. The molecular weight excluding hydrogens is 259 g/mol. The number of nitrogens with zero attached hydrogens (tertiary/aromatic N) is 1. The molecule has 0 aliphatic heterocycles. The molecule has 0 atom stereocenters. The van der Waals surface area contributed by atoms with Crippen LogP contribution < -0.4 is 11.2 Å². The van der Waals surface area contributed by atoms with Crippen LogP contribution >= 0.6 is 23.2 Å². The van der Waals surface area contributed by atoms with Crippen LogP contribution in [0.25, 0.3) is 0 Å². The maximum Gasteiger partial charge on any atom is 0.204 e. The number of rotatable bonds is 2. The smallest absolute Gasteiger partial charge is 0.204 e. The zero-order valence-electron chi connectivity index (χ0n) is 8.86. The Balaban J connectivity index is 2.28. The Kier molecular flexibility index (Phi) is 3.41. The summed E-state index contributed by atoms with van der Waals surface area (Å²) in [6.45, 7) is 0.585. The van der Waals surface area contributed by atoms with Crippen LogP contribution in [-0.4, -0.2) is 4.57 Å². The third-order valence-corrected chi connectivity index (χ3v) is 3.10. The Morgan fingerprint density at radius 2 is 1.94 bits per heavy atom. The summed E-state index contributed by atoms with van der Waals surface area (Å²) in [6.07, 6.45) is 3.28. The number of hydrogen-bond acceptors (Lipinski definition) is 2. The molecule has 2 rings (SSSR count). The summed E-state index contributed by atoms with van der Waals surface area (Å²) in [5.74, 6) is 0. The topological polar surface area (TPSA) is 48.0 Å². The van der Waals surface area contributed by atoms with Crippen molar-refractivity contribution in [2.75, 3.05) is 5.73 Å². The molecule has 0 fully saturated rings. The van der Waals surface area contributed by atoms with Crippen molar-refractivity contribution in [2.24, 2.45) is 0 Å². The second-order valence-electron chi connectivity index (χ2n) is 3.69. The molecule has 2 aromatic rings. The minimum Gasteiger partial charge on any atom is -0.394 e. The van der Waals surface area contributed by atoms with Crippen molar-refractivity contribution < 1.29 is 0 Å². The van der Waals surface area contributed by atoms with Crippen LogP contribution in [0.5, 0.6) is 0 Å². The third-order valence-electron chi connectivity index (χ3n) is 2.36. The summed E-state index contributed by atoms with van der Waals surface area (Å²) < 4.78 is 1.82. The number of aromatic nitrogens is 1. The van der Waals surface area contributed by atoms with Gasteiger partial charge in [-0.05, 0) is 17.7 Å². The lowest BCUT2D eigenvalue weighted by molar-refractivity contribution is 0.791. The van der Waals surface area contributed by atoms with Gasteiger partial charge in [0.15, 0.2) is 0 Å². The summed E-state index contributed by atoms with van der Waals surface area (Å²) in [4.78, 5) is 11.1. The van der Waals surface area contributed by atoms with E-state index in [0.717, 1.165) is 5.56 Å². The molecule has 17 heavy (non-hydrogen) atoms. The molecule has 0 bridgehead atoms. The highest BCUT2D eigenvalue weighted by Gasteiger charge is 2.01. The molecule has 0 radical (unpaired) electrons. The highest BCUT2D eigenvalue weighted by atomic mass is 35.5. The summed E-state index contributed by atoms with van der Waals surface area (Å²) in [6, 6.07) is 6.85. The van der Waals surface area contributed by atoms with Gasteiger partial charge in [-0.1, -0.05) is 29.3 Å². The minimum absolute atomic E-state index is 0.171. The molecule has 0 unspecified atom stereocenters. The zero-order chi connectivity index (χ0) is 12.4. The van der Waals surface area contributed by atoms with Gasteiger partial charge in [0, 0.05) is 25.0 Å². The van der Waals surface area contributed by atoms with Gasteiger partial charge in [0.2, 0.25) is 5.43 Å². The molecule has 1 aromatic heterocycles. The molecule has 0 aliphatic rings. The van der Waals surface area contributed by atoms with Crippen molar-refractivity contribution in [2.45, 2.75) is 6.54 Å². The Hall–Kier alpha value is -1.45. The first-order valence-corrected chi connectivity index (χ1v) is 5.71. The summed E-state index contributed by atoms with van der Waals surface area (Å²) >= 11 is 11.8. The fourth-order valence-corrected chi connectivity index (χ4v) is 1.81. The fraction of sp³-hybridized carbons (Fsp3) is 0.0833. The van der Waals surface area contributed by atoms with Crippen LogP contribution in [0, 0.1) is 0 Å². The van der Waals surface area contributed by atoms with Crippen LogP contribution in [0.3, 0.4) is 0 Å². The van der Waals surface area contributed by atoms with Gasteiger partial charge in [0.1, 0.15) is 0 Å². The van der Waals surface area contributed by atoms with Crippen LogP contribution in [0.4, 0.5) is 5.69 Å². The maximum absolute atomic E-state index is 11.1. The first kappa shape index (κ1) is 12.0. The van der Waals surface area contributed by atoms with Crippen LogP contribution in [0.2, 0.25) is 10.0 Å². The van der Waals surface area contributed by atoms with E-state index in [9.17, 15) is 4.79 Å². The van der Waals surface area contributed by atoms with E-state index < -0.39 is 0 Å². The Morgan fingerprint density at radius 1 is 1.18 bits per heavy atom. The number of nitrogen functional groups attached to an aromatic ring is 1. The number of nitrogens with two attached hydrogens (primary N) is 1. The maximum atomic E-state index is 11.1. The zero-order valence-corrected chi connectivity index (χ0v) is 10.4. The van der Waals surface area contributed by atoms with E-state index in [4.69, 9.17) is 28.9 Å². The van der Waals surface area contributed by atoms with Crippen molar-refractivity contribution in [3.05, 3.63) is 62.5 Å². The summed E-state index contributed by atoms with van der Waals surface area (Å²) in [5, 5.41) is 1.04. The van der Waals surface area contributed by atoms with E-state index in [0.29, 0.717) is 16.6 Å². The van der Waals surface area contributed by atoms with Gasteiger partial charge in [-0.3, -0.25) is 4.79 Å². The SMILES string of the molecule is Nc1cn(Cc2ccc(Cl)c(Cl)c2)ccc1=O. The molecule has 0 aliphatic carbocycles. The molecule has 1 aromatic carbocycles. The molecule has 2 N–H and O–H groups in total. The molecule has 0 amide bonds. The van der Waals surface area contributed by atoms with Crippen LogP contribution in [-0.2, 0) is 6.54 Å². The molecule has 1 heterocycles. The molecule has 88 valence electrons. The van der Waals surface area contributed by atoms with Crippen molar-refractivity contribution in [1.82, 2.24) is 4.57 Å². The molecule has 0 saturated heterocycles. The third kappa shape index (κ3) is 2.81. The monoisotopic (exact) mass is 268 g/mol. The first-order valence-electron chi connectivity index (χ1n) is 4.96. The van der Waals surface area contributed by atoms with Crippen molar-refractivity contribution >= 4 is 28.9 Å². The van der Waals surface area contributed by atoms with Crippen LogP contribution in [0.1, 0.15) is 5.56 Å². The van der Waals surface area contributed by atoms with E-state index in [1.807, 2.05) is 10.6 Å². The van der Waals surface area contributed by atoms with Crippen molar-refractivity contribution in [1.29, 1.82) is 0 Å². The molecular formula is C12H10Cl2N2O. The number of hydrogen-bond donors (Lipinski definition) is 1. The largest absolute Gasteiger partial charge is 0.394 e. The highest BCUT2D eigenvalue weighted by molar-refractivity contribution is 6.42. The highest BCUT2D eigenvalue weighted by Crippen LogP contribution is 2.22. The second kappa shape index (κ2) is 4.82. The molecule has 0 spiro atoms. The van der Waals surface area contributed by atoms with E-state index >= 15 is 0 Å². The average Bonchev–Trinajstić information content (AvgIpc) is 2.29. The molecule has 0 saturated carbocycles. The number of halogens is 2. The van der Waals surface area contributed by atoms with E-state index in [1.54, 1.807) is 24.5 Å². The van der Waals surface area contributed by atoms with Crippen LogP contribution in [0.15, 0.2) is 41.5 Å². The number of pyridine rings is 1. The van der Waals surface area contributed by atoms with E-state index in [1.165, 1.54) is 6.07 Å². The average molecular weight is 269 g/mol. The Labute approximate surface area is 108 Å². The Morgan fingerprint density at radius 3 is 2.59 bits per heavy atom. The fourth-order valence-electron chi connectivity index (χ4n) is 1.49. The molecule has 3 nitrogen and oxygen atoms in total. The van der Waals surface area contributed by atoms with Gasteiger partial charge in [-0.15, -0.1) is 0 Å². The predicted octanol–water partition coefficient (Wildman–Crippen LogP) is 2.79. The van der Waals surface area contributed by atoms with Crippen molar-refractivity contribution in [3.8, 4) is 0 Å². The number of benzene rings is 1. The Bertz CT molecular complexity index is 608. The van der Waals surface area contributed by atoms with Gasteiger partial charge in [0.25, 0.3) is 0 Å². The normalized spacial score (nSPS) is 10.5. The van der Waals surface area contributed by atoms with Gasteiger partial charge in [-0.25, -0.2) is 0 Å².